The van der Waals surface area contributed by atoms with Crippen LogP contribution in [0.4, 0.5) is 0 Å². The van der Waals surface area contributed by atoms with Gasteiger partial charge >= 0.3 is 0 Å². The maximum atomic E-state index is 5.16. The molecule has 2 aromatic rings. The molecule has 0 aromatic carbocycles. The number of fused-ring (bicyclic) bond motifs is 1. The molecule has 0 amide bonds. The van der Waals surface area contributed by atoms with Crippen molar-refractivity contribution in [3.63, 3.8) is 0 Å². The SMILES string of the molecule is c1cc(C2COC2)c2ncnn2c1. The third kappa shape index (κ3) is 0.954. The van der Waals surface area contributed by atoms with Crippen molar-refractivity contribution in [3.8, 4) is 0 Å². The summed E-state index contributed by atoms with van der Waals surface area (Å²) in [5.41, 5.74) is 2.20. The van der Waals surface area contributed by atoms with E-state index < -0.39 is 0 Å². The van der Waals surface area contributed by atoms with Crippen LogP contribution in [0.3, 0.4) is 0 Å². The van der Waals surface area contributed by atoms with E-state index in [2.05, 4.69) is 16.1 Å². The van der Waals surface area contributed by atoms with Crippen LogP contribution in [0.15, 0.2) is 24.7 Å². The third-order valence-electron chi connectivity index (χ3n) is 2.41. The molecule has 3 rings (SSSR count). The molecule has 2 aromatic heterocycles. The van der Waals surface area contributed by atoms with Crippen LogP contribution in [0.2, 0.25) is 0 Å². The Hall–Kier alpha value is -1.42. The number of aromatic nitrogens is 3. The Bertz CT molecular complexity index is 433. The lowest BCUT2D eigenvalue weighted by Gasteiger charge is -2.26. The standard InChI is InChI=1S/C9H9N3O/c1-2-8(7-4-13-5-7)9-10-6-11-12(9)3-1/h1-3,6-7H,4-5H2. The minimum Gasteiger partial charge on any atom is -0.380 e. The van der Waals surface area contributed by atoms with Crippen LogP contribution in [0.25, 0.3) is 5.65 Å². The molecule has 1 fully saturated rings. The lowest BCUT2D eigenvalue weighted by molar-refractivity contribution is 0.00878. The van der Waals surface area contributed by atoms with Crippen molar-refractivity contribution in [3.05, 3.63) is 30.2 Å². The highest BCUT2D eigenvalue weighted by atomic mass is 16.5. The third-order valence-corrected chi connectivity index (χ3v) is 2.41. The fourth-order valence-electron chi connectivity index (χ4n) is 1.60. The summed E-state index contributed by atoms with van der Waals surface area (Å²) in [6, 6.07) is 4.09. The van der Waals surface area contributed by atoms with Crippen molar-refractivity contribution in [1.82, 2.24) is 14.6 Å². The lowest BCUT2D eigenvalue weighted by Crippen LogP contribution is -2.25. The molecule has 0 N–H and O–H groups in total. The monoisotopic (exact) mass is 175 g/mol. The van der Waals surface area contributed by atoms with Gasteiger partial charge in [-0.15, -0.1) is 0 Å². The summed E-state index contributed by atoms with van der Waals surface area (Å²) >= 11 is 0. The van der Waals surface area contributed by atoms with E-state index in [0.717, 1.165) is 18.9 Å². The predicted molar refractivity (Wildman–Crippen MR) is 46.5 cm³/mol. The summed E-state index contributed by atoms with van der Waals surface area (Å²) in [6.45, 7) is 1.62. The van der Waals surface area contributed by atoms with Crippen LogP contribution in [0, 0.1) is 0 Å². The molecule has 0 aliphatic carbocycles. The molecular formula is C9H9N3O. The highest BCUT2D eigenvalue weighted by Gasteiger charge is 2.23. The van der Waals surface area contributed by atoms with E-state index in [4.69, 9.17) is 4.74 Å². The van der Waals surface area contributed by atoms with Gasteiger partial charge in [0.15, 0.2) is 5.65 Å². The summed E-state index contributed by atoms with van der Waals surface area (Å²) in [5.74, 6) is 0.507. The van der Waals surface area contributed by atoms with Crippen molar-refractivity contribution in [2.24, 2.45) is 0 Å². The Morgan fingerprint density at radius 3 is 3.15 bits per heavy atom. The first-order valence-electron chi connectivity index (χ1n) is 4.31. The number of ether oxygens (including phenoxy) is 1. The minimum absolute atomic E-state index is 0.507. The minimum atomic E-state index is 0.507. The normalized spacial score (nSPS) is 17.5. The molecule has 1 aliphatic heterocycles. The largest absolute Gasteiger partial charge is 0.380 e. The molecule has 3 heterocycles. The number of pyridine rings is 1. The van der Waals surface area contributed by atoms with Gasteiger partial charge in [0.1, 0.15) is 6.33 Å². The summed E-state index contributed by atoms with van der Waals surface area (Å²) in [6.07, 6.45) is 3.49. The Balaban J connectivity index is 2.20. The maximum absolute atomic E-state index is 5.16. The highest BCUT2D eigenvalue weighted by Crippen LogP contribution is 2.25. The molecule has 66 valence electrons. The summed E-state index contributed by atoms with van der Waals surface area (Å²) < 4.78 is 6.96. The van der Waals surface area contributed by atoms with Crippen LogP contribution in [0.1, 0.15) is 11.5 Å². The quantitative estimate of drug-likeness (QED) is 0.644. The zero-order valence-corrected chi connectivity index (χ0v) is 7.05. The van der Waals surface area contributed by atoms with Gasteiger partial charge < -0.3 is 4.74 Å². The van der Waals surface area contributed by atoms with Gasteiger partial charge in [0.2, 0.25) is 0 Å². The molecule has 1 aliphatic rings. The van der Waals surface area contributed by atoms with Crippen LogP contribution in [-0.2, 0) is 4.74 Å². The number of hydrogen-bond acceptors (Lipinski definition) is 3. The number of hydrogen-bond donors (Lipinski definition) is 0. The van der Waals surface area contributed by atoms with Crippen LogP contribution in [0.5, 0.6) is 0 Å². The first-order chi connectivity index (χ1) is 6.45. The van der Waals surface area contributed by atoms with Gasteiger partial charge in [-0.3, -0.25) is 0 Å². The van der Waals surface area contributed by atoms with E-state index in [0.29, 0.717) is 5.92 Å². The van der Waals surface area contributed by atoms with Gasteiger partial charge in [-0.1, -0.05) is 6.07 Å². The van der Waals surface area contributed by atoms with E-state index in [1.165, 1.54) is 5.56 Å². The van der Waals surface area contributed by atoms with E-state index in [-0.39, 0.29) is 0 Å². The molecule has 0 spiro atoms. The Kier molecular flexibility index (Phi) is 1.37. The summed E-state index contributed by atoms with van der Waals surface area (Å²) in [7, 11) is 0. The maximum Gasteiger partial charge on any atom is 0.158 e. The van der Waals surface area contributed by atoms with Crippen molar-refractivity contribution in [2.75, 3.05) is 13.2 Å². The molecule has 0 unspecified atom stereocenters. The molecule has 4 nitrogen and oxygen atoms in total. The average Bonchev–Trinajstić information content (AvgIpc) is 2.49. The molecular weight excluding hydrogens is 166 g/mol. The van der Waals surface area contributed by atoms with Crippen LogP contribution in [-0.4, -0.2) is 27.8 Å². The second-order valence-corrected chi connectivity index (χ2v) is 3.23. The van der Waals surface area contributed by atoms with Crippen molar-refractivity contribution >= 4 is 5.65 Å². The van der Waals surface area contributed by atoms with Crippen molar-refractivity contribution in [1.29, 1.82) is 0 Å². The fourth-order valence-corrected chi connectivity index (χ4v) is 1.60. The molecule has 13 heavy (non-hydrogen) atoms. The number of nitrogens with zero attached hydrogens (tertiary/aromatic N) is 3. The summed E-state index contributed by atoms with van der Waals surface area (Å²) in [4.78, 5) is 4.22. The van der Waals surface area contributed by atoms with E-state index in [9.17, 15) is 0 Å². The van der Waals surface area contributed by atoms with Gasteiger partial charge in [0.25, 0.3) is 0 Å². The first kappa shape index (κ1) is 7.03. The fraction of sp³-hybridized carbons (Fsp3) is 0.333. The second kappa shape index (κ2) is 2.53. The molecule has 0 saturated carbocycles. The summed E-state index contributed by atoms with van der Waals surface area (Å²) in [5, 5.41) is 4.08. The zero-order chi connectivity index (χ0) is 8.67. The molecule has 4 heteroatoms. The van der Waals surface area contributed by atoms with Crippen LogP contribution < -0.4 is 0 Å². The molecule has 0 radical (unpaired) electrons. The predicted octanol–water partition coefficient (Wildman–Crippen LogP) is 0.843. The van der Waals surface area contributed by atoms with Crippen molar-refractivity contribution in [2.45, 2.75) is 5.92 Å². The van der Waals surface area contributed by atoms with E-state index in [1.54, 1.807) is 10.8 Å². The average molecular weight is 175 g/mol. The van der Waals surface area contributed by atoms with E-state index >= 15 is 0 Å². The molecule has 0 bridgehead atoms. The smallest absolute Gasteiger partial charge is 0.158 e. The zero-order valence-electron chi connectivity index (χ0n) is 7.05. The molecule has 0 atom stereocenters. The number of rotatable bonds is 1. The highest BCUT2D eigenvalue weighted by molar-refractivity contribution is 5.48. The van der Waals surface area contributed by atoms with E-state index in [1.807, 2.05) is 12.3 Å². The van der Waals surface area contributed by atoms with Gasteiger partial charge in [-0.05, 0) is 6.07 Å². The second-order valence-electron chi connectivity index (χ2n) is 3.23. The molecule has 1 saturated heterocycles. The van der Waals surface area contributed by atoms with Gasteiger partial charge in [0.05, 0.1) is 13.2 Å². The van der Waals surface area contributed by atoms with Gasteiger partial charge in [-0.2, -0.15) is 5.10 Å². The Morgan fingerprint density at radius 2 is 2.38 bits per heavy atom. The Morgan fingerprint density at radius 1 is 1.46 bits per heavy atom. The Labute approximate surface area is 75.2 Å². The van der Waals surface area contributed by atoms with Crippen LogP contribution >= 0.6 is 0 Å². The first-order valence-corrected chi connectivity index (χ1v) is 4.31. The van der Waals surface area contributed by atoms with Gasteiger partial charge in [-0.25, -0.2) is 9.50 Å². The lowest BCUT2D eigenvalue weighted by atomic mass is 9.99. The topological polar surface area (TPSA) is 39.4 Å². The van der Waals surface area contributed by atoms with Gasteiger partial charge in [0, 0.05) is 17.7 Å². The van der Waals surface area contributed by atoms with Crippen molar-refractivity contribution < 1.29 is 4.74 Å².